The van der Waals surface area contributed by atoms with E-state index in [9.17, 15) is 0 Å². The molecule has 0 unspecified atom stereocenters. The molecule has 0 atom stereocenters. The highest BCUT2D eigenvalue weighted by atomic mass is 79.9. The lowest BCUT2D eigenvalue weighted by Crippen LogP contribution is -1.82. The van der Waals surface area contributed by atoms with Crippen LogP contribution in [0.15, 0.2) is 57.3 Å². The Bertz CT molecular complexity index is 810. The molecule has 3 aromatic rings. The highest BCUT2D eigenvalue weighted by Crippen LogP contribution is 2.26. The molecule has 0 fully saturated rings. The van der Waals surface area contributed by atoms with E-state index in [-0.39, 0.29) is 0 Å². The molecule has 4 nitrogen and oxygen atoms in total. The zero-order chi connectivity index (χ0) is 14.1. The van der Waals surface area contributed by atoms with Gasteiger partial charge in [-0.1, -0.05) is 33.6 Å². The van der Waals surface area contributed by atoms with Crippen molar-refractivity contribution in [2.45, 2.75) is 6.92 Å². The van der Waals surface area contributed by atoms with Gasteiger partial charge in [0.25, 0.3) is 0 Å². The van der Waals surface area contributed by atoms with Crippen LogP contribution >= 0.6 is 27.5 Å². The number of hydrogen-bond acceptors (Lipinski definition) is 3. The predicted octanol–water partition coefficient (Wildman–Crippen LogP) is 5.47. The molecule has 0 N–H and O–H groups in total. The van der Waals surface area contributed by atoms with Gasteiger partial charge < -0.3 is 0 Å². The van der Waals surface area contributed by atoms with Gasteiger partial charge in [0.2, 0.25) is 0 Å². The topological polar surface area (TPSA) is 42.0 Å². The quantitative estimate of drug-likeness (QED) is 0.565. The molecule has 100 valence electrons. The molecule has 3 rings (SSSR count). The number of pyridine rings is 1. The van der Waals surface area contributed by atoms with E-state index in [0.29, 0.717) is 10.8 Å². The van der Waals surface area contributed by atoms with Crippen molar-refractivity contribution < 1.29 is 0 Å². The van der Waals surface area contributed by atoms with Gasteiger partial charge in [-0.05, 0) is 37.3 Å². The van der Waals surface area contributed by atoms with E-state index in [0.717, 1.165) is 21.5 Å². The van der Waals surface area contributed by atoms with Crippen LogP contribution in [0, 0.1) is 6.92 Å². The molecule has 0 aliphatic carbocycles. The third kappa shape index (κ3) is 2.59. The first-order valence-electron chi connectivity index (χ1n) is 5.95. The molecular formula is C14H10BrClN4. The van der Waals surface area contributed by atoms with Crippen molar-refractivity contribution in [3.05, 3.63) is 57.8 Å². The Hall–Kier alpha value is -1.72. The van der Waals surface area contributed by atoms with E-state index < -0.39 is 0 Å². The van der Waals surface area contributed by atoms with E-state index in [4.69, 9.17) is 11.6 Å². The number of benzene rings is 1. The molecule has 20 heavy (non-hydrogen) atoms. The SMILES string of the molecule is Cc1nc2ccc(Cl)cn2c1N=Nc1cccc(Br)c1. The van der Waals surface area contributed by atoms with E-state index in [1.54, 1.807) is 12.3 Å². The second-order valence-corrected chi connectivity index (χ2v) is 5.63. The molecule has 0 bridgehead atoms. The summed E-state index contributed by atoms with van der Waals surface area (Å²) in [5, 5.41) is 9.17. The number of nitrogens with zero attached hydrogens (tertiary/aromatic N) is 4. The second kappa shape index (κ2) is 5.34. The fourth-order valence-electron chi connectivity index (χ4n) is 1.89. The first-order chi connectivity index (χ1) is 9.63. The first kappa shape index (κ1) is 13.3. The Balaban J connectivity index is 2.06. The summed E-state index contributed by atoms with van der Waals surface area (Å²) < 4.78 is 2.80. The van der Waals surface area contributed by atoms with Crippen molar-refractivity contribution in [3.8, 4) is 0 Å². The van der Waals surface area contributed by atoms with Gasteiger partial charge >= 0.3 is 0 Å². The number of aromatic nitrogens is 2. The molecule has 0 radical (unpaired) electrons. The van der Waals surface area contributed by atoms with Gasteiger partial charge in [0.1, 0.15) is 5.65 Å². The molecule has 0 saturated carbocycles. The minimum absolute atomic E-state index is 0.633. The minimum Gasteiger partial charge on any atom is -0.281 e. The van der Waals surface area contributed by atoms with Crippen LogP contribution in [-0.4, -0.2) is 9.38 Å². The zero-order valence-corrected chi connectivity index (χ0v) is 12.9. The molecule has 6 heteroatoms. The van der Waals surface area contributed by atoms with Crippen LogP contribution in [0.3, 0.4) is 0 Å². The maximum atomic E-state index is 6.01. The molecule has 0 aliphatic heterocycles. The van der Waals surface area contributed by atoms with Gasteiger partial charge in [-0.2, -0.15) is 0 Å². The van der Waals surface area contributed by atoms with Crippen molar-refractivity contribution in [1.29, 1.82) is 0 Å². The average Bonchev–Trinajstić information content (AvgIpc) is 2.72. The lowest BCUT2D eigenvalue weighted by atomic mass is 10.3. The summed E-state index contributed by atoms with van der Waals surface area (Å²) in [7, 11) is 0. The molecule has 1 aromatic carbocycles. The average molecular weight is 350 g/mol. The number of halogens is 2. The number of hydrogen-bond donors (Lipinski definition) is 0. The van der Waals surface area contributed by atoms with E-state index in [2.05, 4.69) is 31.1 Å². The van der Waals surface area contributed by atoms with Crippen LogP contribution in [0.4, 0.5) is 11.5 Å². The predicted molar refractivity (Wildman–Crippen MR) is 83.3 cm³/mol. The number of fused-ring (bicyclic) bond motifs is 1. The van der Waals surface area contributed by atoms with E-state index >= 15 is 0 Å². The Labute approximate surface area is 129 Å². The van der Waals surface area contributed by atoms with Crippen LogP contribution in [0.1, 0.15) is 5.69 Å². The minimum atomic E-state index is 0.633. The molecular weight excluding hydrogens is 340 g/mol. The maximum Gasteiger partial charge on any atom is 0.182 e. The number of rotatable bonds is 2. The number of azo groups is 1. The summed E-state index contributed by atoms with van der Waals surface area (Å²) in [5.41, 5.74) is 2.39. The van der Waals surface area contributed by atoms with Crippen LogP contribution in [0.5, 0.6) is 0 Å². The van der Waals surface area contributed by atoms with E-state index in [1.165, 1.54) is 0 Å². The van der Waals surface area contributed by atoms with Crippen molar-refractivity contribution in [2.24, 2.45) is 10.2 Å². The standard InChI is InChI=1S/C14H10BrClN4/c1-9-14(19-18-12-4-2-3-10(15)7-12)20-8-11(16)5-6-13(20)17-9/h2-8H,1H3. The lowest BCUT2D eigenvalue weighted by molar-refractivity contribution is 1.09. The molecule has 0 saturated heterocycles. The lowest BCUT2D eigenvalue weighted by Gasteiger charge is -1.97. The molecule has 0 amide bonds. The summed E-state index contributed by atoms with van der Waals surface area (Å²) in [6.07, 6.45) is 1.78. The highest BCUT2D eigenvalue weighted by Gasteiger charge is 2.08. The van der Waals surface area contributed by atoms with Crippen molar-refractivity contribution in [1.82, 2.24) is 9.38 Å². The molecule has 0 spiro atoms. The van der Waals surface area contributed by atoms with Crippen LogP contribution < -0.4 is 0 Å². The summed E-state index contributed by atoms with van der Waals surface area (Å²) in [6, 6.07) is 11.3. The van der Waals surface area contributed by atoms with Gasteiger partial charge in [0, 0.05) is 10.7 Å². The monoisotopic (exact) mass is 348 g/mol. The molecule has 2 heterocycles. The largest absolute Gasteiger partial charge is 0.281 e. The number of imidazole rings is 1. The van der Waals surface area contributed by atoms with Gasteiger partial charge in [0.05, 0.1) is 16.4 Å². The van der Waals surface area contributed by atoms with Crippen LogP contribution in [-0.2, 0) is 0 Å². The Morgan fingerprint density at radius 3 is 2.85 bits per heavy atom. The summed E-state index contributed by atoms with van der Waals surface area (Å²) >= 11 is 9.42. The van der Waals surface area contributed by atoms with Crippen LogP contribution in [0.2, 0.25) is 5.02 Å². The maximum absolute atomic E-state index is 6.01. The highest BCUT2D eigenvalue weighted by molar-refractivity contribution is 9.10. The third-order valence-electron chi connectivity index (χ3n) is 2.79. The summed E-state index contributed by atoms with van der Waals surface area (Å²) in [6.45, 7) is 1.90. The van der Waals surface area contributed by atoms with Gasteiger partial charge in [-0.25, -0.2) is 4.98 Å². The number of aryl methyl sites for hydroxylation is 1. The second-order valence-electron chi connectivity index (χ2n) is 4.28. The summed E-state index contributed by atoms with van der Waals surface area (Å²) in [4.78, 5) is 4.43. The summed E-state index contributed by atoms with van der Waals surface area (Å²) in [5.74, 6) is 0.683. The Morgan fingerprint density at radius 1 is 1.20 bits per heavy atom. The van der Waals surface area contributed by atoms with Crippen LogP contribution in [0.25, 0.3) is 5.65 Å². The third-order valence-corrected chi connectivity index (χ3v) is 3.51. The normalized spacial score (nSPS) is 11.6. The zero-order valence-electron chi connectivity index (χ0n) is 10.6. The van der Waals surface area contributed by atoms with Crippen molar-refractivity contribution >= 4 is 44.7 Å². The Kier molecular flexibility index (Phi) is 3.54. The first-order valence-corrected chi connectivity index (χ1v) is 7.12. The van der Waals surface area contributed by atoms with Gasteiger partial charge in [0.15, 0.2) is 5.82 Å². The van der Waals surface area contributed by atoms with Crippen molar-refractivity contribution in [3.63, 3.8) is 0 Å². The van der Waals surface area contributed by atoms with Gasteiger partial charge in [-0.15, -0.1) is 10.2 Å². The van der Waals surface area contributed by atoms with Crippen molar-refractivity contribution in [2.75, 3.05) is 0 Å². The Morgan fingerprint density at radius 2 is 2.05 bits per heavy atom. The smallest absolute Gasteiger partial charge is 0.182 e. The van der Waals surface area contributed by atoms with E-state index in [1.807, 2.05) is 41.7 Å². The van der Waals surface area contributed by atoms with Gasteiger partial charge in [-0.3, -0.25) is 4.40 Å². The molecule has 0 aliphatic rings. The fraction of sp³-hybridized carbons (Fsp3) is 0.0714. The fourth-order valence-corrected chi connectivity index (χ4v) is 2.44. The molecule has 2 aromatic heterocycles.